The lowest BCUT2D eigenvalue weighted by Crippen LogP contribution is -2.47. The van der Waals surface area contributed by atoms with Gasteiger partial charge in [0.05, 0.1) is 12.0 Å². The van der Waals surface area contributed by atoms with Crippen molar-refractivity contribution in [3.63, 3.8) is 0 Å². The van der Waals surface area contributed by atoms with Crippen LogP contribution in [0.2, 0.25) is 0 Å². The Morgan fingerprint density at radius 2 is 1.77 bits per heavy atom. The average molecular weight is 419 g/mol. The topological polar surface area (TPSA) is 69.6 Å². The predicted molar refractivity (Wildman–Crippen MR) is 120 cm³/mol. The number of amides is 2. The van der Waals surface area contributed by atoms with Crippen LogP contribution in [-0.4, -0.2) is 23.0 Å². The molecule has 4 atom stereocenters. The van der Waals surface area contributed by atoms with Crippen LogP contribution in [0.4, 0.5) is 5.69 Å². The zero-order valence-electron chi connectivity index (χ0n) is 18.0. The summed E-state index contributed by atoms with van der Waals surface area (Å²) in [6, 6.07) is 13.7. The first-order chi connectivity index (χ1) is 15.0. The Kier molecular flexibility index (Phi) is 5.20. The molecule has 1 heterocycles. The second-order valence-corrected chi connectivity index (χ2v) is 9.33. The zero-order chi connectivity index (χ0) is 21.5. The number of para-hydroxylation sites is 1. The Morgan fingerprint density at radius 1 is 1.00 bits per heavy atom. The van der Waals surface area contributed by atoms with Crippen LogP contribution in [0, 0.1) is 11.8 Å². The number of phenolic OH excluding ortho intramolecular Hbond substituents is 1. The van der Waals surface area contributed by atoms with Crippen molar-refractivity contribution in [1.29, 1.82) is 0 Å². The van der Waals surface area contributed by atoms with Crippen LogP contribution >= 0.6 is 0 Å². The number of carbonyl (C=O) groups excluding carboxylic acids is 2. The summed E-state index contributed by atoms with van der Waals surface area (Å²) in [6.45, 7) is 2.09. The number of phenols is 1. The first kappa shape index (κ1) is 20.1. The second-order valence-electron chi connectivity index (χ2n) is 9.33. The van der Waals surface area contributed by atoms with E-state index in [0.29, 0.717) is 5.75 Å². The molecule has 162 valence electrons. The predicted octanol–water partition coefficient (Wildman–Crippen LogP) is 4.28. The molecule has 1 fully saturated rings. The minimum Gasteiger partial charge on any atom is -0.508 e. The van der Waals surface area contributed by atoms with Gasteiger partial charge in [-0.15, -0.1) is 0 Å². The third kappa shape index (κ3) is 3.50. The molecule has 0 aromatic heterocycles. The molecule has 2 aromatic rings. The van der Waals surface area contributed by atoms with Crippen LogP contribution in [0.3, 0.4) is 0 Å². The highest BCUT2D eigenvalue weighted by Crippen LogP contribution is 2.40. The van der Waals surface area contributed by atoms with Crippen molar-refractivity contribution >= 4 is 17.5 Å². The third-order valence-corrected chi connectivity index (χ3v) is 7.43. The van der Waals surface area contributed by atoms with Gasteiger partial charge in [0, 0.05) is 17.6 Å². The highest BCUT2D eigenvalue weighted by atomic mass is 16.3. The molecule has 2 aliphatic carbocycles. The number of hydrogen-bond donors (Lipinski definition) is 2. The Bertz CT molecular complexity index is 1020. The quantitative estimate of drug-likeness (QED) is 0.782. The van der Waals surface area contributed by atoms with Crippen LogP contribution < -0.4 is 10.2 Å². The van der Waals surface area contributed by atoms with Gasteiger partial charge in [0.2, 0.25) is 11.8 Å². The summed E-state index contributed by atoms with van der Waals surface area (Å²) in [5.74, 6) is -0.169. The Labute approximate surface area is 183 Å². The van der Waals surface area contributed by atoms with Gasteiger partial charge in [0.25, 0.3) is 0 Å². The van der Waals surface area contributed by atoms with E-state index in [-0.39, 0.29) is 35.7 Å². The van der Waals surface area contributed by atoms with Crippen molar-refractivity contribution in [3.05, 3.63) is 59.2 Å². The van der Waals surface area contributed by atoms with Crippen LogP contribution in [0.5, 0.6) is 5.75 Å². The van der Waals surface area contributed by atoms with E-state index in [9.17, 15) is 14.7 Å². The normalized spacial score (nSPS) is 26.9. The van der Waals surface area contributed by atoms with Crippen molar-refractivity contribution in [2.75, 3.05) is 4.90 Å². The number of carbonyl (C=O) groups is 2. The minimum atomic E-state index is -0.289. The van der Waals surface area contributed by atoms with E-state index in [1.807, 2.05) is 35.2 Å². The maximum atomic E-state index is 13.7. The number of anilines is 1. The molecule has 3 aliphatic rings. The van der Waals surface area contributed by atoms with Crippen LogP contribution in [0.1, 0.15) is 61.8 Å². The van der Waals surface area contributed by atoms with Gasteiger partial charge in [-0.2, -0.15) is 0 Å². The Balaban J connectivity index is 1.35. The summed E-state index contributed by atoms with van der Waals surface area (Å²) in [6.07, 6.45) is 5.92. The lowest BCUT2D eigenvalue weighted by Gasteiger charge is -2.35. The zero-order valence-corrected chi connectivity index (χ0v) is 18.0. The maximum absolute atomic E-state index is 13.7. The van der Waals surface area contributed by atoms with E-state index in [2.05, 4.69) is 18.3 Å². The van der Waals surface area contributed by atoms with Crippen molar-refractivity contribution in [2.45, 2.75) is 64.0 Å². The number of nitrogens with one attached hydrogen (secondary N) is 1. The molecule has 0 saturated heterocycles. The van der Waals surface area contributed by atoms with Gasteiger partial charge < -0.3 is 15.3 Å². The van der Waals surface area contributed by atoms with E-state index >= 15 is 0 Å². The lowest BCUT2D eigenvalue weighted by atomic mass is 9.77. The van der Waals surface area contributed by atoms with E-state index in [4.69, 9.17) is 0 Å². The van der Waals surface area contributed by atoms with E-state index in [1.54, 1.807) is 6.07 Å². The summed E-state index contributed by atoms with van der Waals surface area (Å²) < 4.78 is 0. The fraction of sp³-hybridized carbons (Fsp3) is 0.462. The summed E-state index contributed by atoms with van der Waals surface area (Å²) in [4.78, 5) is 29.0. The smallest absolute Gasteiger partial charge is 0.231 e. The monoisotopic (exact) mass is 418 g/mol. The molecule has 5 heteroatoms. The summed E-state index contributed by atoms with van der Waals surface area (Å²) >= 11 is 0. The van der Waals surface area contributed by atoms with Gasteiger partial charge in [-0.25, -0.2) is 0 Å². The van der Waals surface area contributed by atoms with Crippen molar-refractivity contribution in [3.8, 4) is 5.75 Å². The molecule has 0 radical (unpaired) electrons. The van der Waals surface area contributed by atoms with E-state index in [0.717, 1.165) is 61.8 Å². The Hall–Kier alpha value is -2.82. The molecule has 5 rings (SSSR count). The molecule has 1 saturated carbocycles. The lowest BCUT2D eigenvalue weighted by molar-refractivity contribution is -0.135. The average Bonchev–Trinajstić information content (AvgIpc) is 3.34. The molecular formula is C26H30N2O3. The molecular weight excluding hydrogens is 388 g/mol. The number of hydrogen-bond acceptors (Lipinski definition) is 3. The third-order valence-electron chi connectivity index (χ3n) is 7.43. The molecule has 1 aliphatic heterocycles. The van der Waals surface area contributed by atoms with Crippen LogP contribution in [0.25, 0.3) is 0 Å². The molecule has 4 unspecified atom stereocenters. The van der Waals surface area contributed by atoms with Crippen molar-refractivity contribution in [2.24, 2.45) is 11.8 Å². The maximum Gasteiger partial charge on any atom is 0.231 e. The molecule has 5 nitrogen and oxygen atoms in total. The van der Waals surface area contributed by atoms with Gasteiger partial charge in [-0.1, -0.05) is 43.2 Å². The molecule has 2 amide bonds. The number of aromatic hydroxyl groups is 1. The van der Waals surface area contributed by atoms with Gasteiger partial charge in [0.15, 0.2) is 0 Å². The standard InChI is InChI=1S/C26H30N2O3/c1-16-15-17-7-2-5-11-23(17)28(16)26(31)21-9-4-3-8-20(21)25(30)27-22-14-13-19-18(22)10-6-12-24(19)29/h2,5-7,10-12,16,20-22,29H,3-4,8-9,13-15H2,1H3,(H,27,30). The number of benzene rings is 2. The number of rotatable bonds is 3. The first-order valence-electron chi connectivity index (χ1n) is 11.6. The van der Waals surface area contributed by atoms with E-state index in [1.165, 1.54) is 5.56 Å². The van der Waals surface area contributed by atoms with E-state index < -0.39 is 0 Å². The molecule has 0 bridgehead atoms. The Morgan fingerprint density at radius 3 is 2.61 bits per heavy atom. The summed E-state index contributed by atoms with van der Waals surface area (Å²) in [7, 11) is 0. The van der Waals surface area contributed by atoms with Crippen LogP contribution in [-0.2, 0) is 22.4 Å². The first-order valence-corrected chi connectivity index (χ1v) is 11.6. The SMILES string of the molecule is CC1Cc2ccccc2N1C(=O)C1CCCCC1C(=O)NC1CCc2c(O)cccc21. The van der Waals surface area contributed by atoms with Gasteiger partial charge in [-0.3, -0.25) is 9.59 Å². The highest BCUT2D eigenvalue weighted by Gasteiger charge is 2.42. The minimum absolute atomic E-state index is 0.0145. The van der Waals surface area contributed by atoms with Gasteiger partial charge >= 0.3 is 0 Å². The largest absolute Gasteiger partial charge is 0.508 e. The highest BCUT2D eigenvalue weighted by molar-refractivity contribution is 6.00. The summed E-state index contributed by atoms with van der Waals surface area (Å²) in [5, 5.41) is 13.3. The fourth-order valence-corrected chi connectivity index (χ4v) is 5.88. The van der Waals surface area contributed by atoms with Gasteiger partial charge in [0.1, 0.15) is 5.75 Å². The van der Waals surface area contributed by atoms with Crippen molar-refractivity contribution < 1.29 is 14.7 Å². The molecule has 2 N–H and O–H groups in total. The molecule has 0 spiro atoms. The second kappa shape index (κ2) is 8.03. The number of nitrogens with zero attached hydrogens (tertiary/aromatic N) is 1. The summed E-state index contributed by atoms with van der Waals surface area (Å²) in [5.41, 5.74) is 4.16. The molecule has 31 heavy (non-hydrogen) atoms. The fourth-order valence-electron chi connectivity index (χ4n) is 5.88. The van der Waals surface area contributed by atoms with Gasteiger partial charge in [-0.05, 0) is 67.9 Å². The number of fused-ring (bicyclic) bond motifs is 2. The van der Waals surface area contributed by atoms with Crippen LogP contribution in [0.15, 0.2) is 42.5 Å². The van der Waals surface area contributed by atoms with Crippen molar-refractivity contribution in [1.82, 2.24) is 5.32 Å². The molecule has 2 aromatic carbocycles.